The predicted molar refractivity (Wildman–Crippen MR) is 240 cm³/mol. The van der Waals surface area contributed by atoms with E-state index in [1.807, 2.05) is 60.7 Å². The molecule has 0 unspecified atom stereocenters. The summed E-state index contributed by atoms with van der Waals surface area (Å²) in [6.07, 6.45) is 0. The van der Waals surface area contributed by atoms with Crippen LogP contribution in [0.5, 0.6) is 0 Å². The smallest absolute Gasteiger partial charge is 0.0667 e. The van der Waals surface area contributed by atoms with Crippen LogP contribution < -0.4 is 0 Å². The van der Waals surface area contributed by atoms with Gasteiger partial charge < -0.3 is 13.7 Å². The van der Waals surface area contributed by atoms with Crippen LogP contribution in [-0.4, -0.2) is 13.7 Å². The molecule has 0 aliphatic heterocycles. The molecule has 57 heavy (non-hydrogen) atoms. The van der Waals surface area contributed by atoms with Crippen molar-refractivity contribution in [2.24, 2.45) is 0 Å². The van der Waals surface area contributed by atoms with Gasteiger partial charge in [-0.25, -0.2) is 0 Å². The average molecular weight is 748 g/mol. The second kappa shape index (κ2) is 12.5. The van der Waals surface area contributed by atoms with Crippen molar-refractivity contribution in [1.29, 1.82) is 0 Å². The maximum absolute atomic E-state index is 10.2. The van der Waals surface area contributed by atoms with Gasteiger partial charge in [-0.15, -0.1) is 0 Å². The van der Waals surface area contributed by atoms with Gasteiger partial charge in [0.05, 0.1) is 63.3 Å². The Morgan fingerprint density at radius 2 is 0.702 bits per heavy atom. The summed E-state index contributed by atoms with van der Waals surface area (Å²) >= 11 is 0. The van der Waals surface area contributed by atoms with Gasteiger partial charge in [-0.3, -0.25) is 0 Å². The molecule has 0 atom stereocenters. The van der Waals surface area contributed by atoms with E-state index in [-0.39, 0.29) is 27.5 Å². The first-order valence-corrected chi connectivity index (χ1v) is 17.8. The minimum atomic E-state index is -0.924. The molecule has 3 heterocycles. The fraction of sp³-hybridized carbons (Fsp3) is 0. The van der Waals surface area contributed by atoms with Crippen molar-refractivity contribution in [3.8, 4) is 39.3 Å². The topological polar surface area (TPSA) is 14.8 Å². The highest BCUT2D eigenvalue weighted by Gasteiger charge is 2.19. The van der Waals surface area contributed by atoms with Crippen LogP contribution in [0, 0.1) is 0 Å². The quantitative estimate of drug-likeness (QED) is 0.167. The molecule has 0 aliphatic rings. The highest BCUT2D eigenvalue weighted by molar-refractivity contribution is 6.13. The molecule has 3 nitrogen and oxygen atoms in total. The van der Waals surface area contributed by atoms with Crippen molar-refractivity contribution in [2.45, 2.75) is 0 Å². The minimum absolute atomic E-state index is 0.171. The van der Waals surface area contributed by atoms with Gasteiger partial charge in [0.25, 0.3) is 0 Å². The molecule has 0 bridgehead atoms. The lowest BCUT2D eigenvalue weighted by Crippen LogP contribution is -1.98. The van der Waals surface area contributed by atoms with Crippen molar-refractivity contribution >= 4 is 65.4 Å². The van der Waals surface area contributed by atoms with Gasteiger partial charge in [0, 0.05) is 49.4 Å². The molecule has 0 saturated carbocycles. The Labute approximate surface area is 360 Å². The summed E-state index contributed by atoms with van der Waals surface area (Å²) in [5.41, 5.74) is -0.270. The molecule has 0 amide bonds. The molecule has 0 saturated heterocycles. The molecule has 0 spiro atoms. The molecule has 0 aliphatic carbocycles. The Morgan fingerprint density at radius 1 is 0.281 bits per heavy atom. The van der Waals surface area contributed by atoms with Gasteiger partial charge in [0.1, 0.15) is 0 Å². The Hall–Kier alpha value is -7.62. The molecule has 12 rings (SSSR count). The number of hydrogen-bond acceptors (Lipinski definition) is 0. The van der Waals surface area contributed by atoms with Crippen molar-refractivity contribution in [1.82, 2.24) is 13.7 Å². The third kappa shape index (κ3) is 4.86. The third-order valence-corrected chi connectivity index (χ3v) is 10.2. The van der Waals surface area contributed by atoms with Gasteiger partial charge in [-0.2, -0.15) is 0 Å². The largest absolute Gasteiger partial charge is 0.309 e. The zero-order valence-corrected chi connectivity index (χ0v) is 29.3. The maximum Gasteiger partial charge on any atom is 0.0667 e. The van der Waals surface area contributed by atoms with E-state index < -0.39 is 188 Å². The lowest BCUT2D eigenvalue weighted by molar-refractivity contribution is 1.15. The lowest BCUT2D eigenvalue weighted by atomic mass is 10.00. The third-order valence-electron chi connectivity index (χ3n) is 10.2. The summed E-state index contributed by atoms with van der Waals surface area (Å²) in [5, 5.41) is -2.26. The van der Waals surface area contributed by atoms with Crippen molar-refractivity contribution < 1.29 is 30.2 Å². The summed E-state index contributed by atoms with van der Waals surface area (Å²) < 4.78 is 205. The van der Waals surface area contributed by atoms with Crippen LogP contribution in [0.2, 0.25) is 0 Å². The van der Waals surface area contributed by atoms with Crippen molar-refractivity contribution in [2.75, 3.05) is 0 Å². The van der Waals surface area contributed by atoms with Crippen LogP contribution in [0.1, 0.15) is 30.2 Å². The van der Waals surface area contributed by atoms with Gasteiger partial charge >= 0.3 is 0 Å². The second-order valence-electron chi connectivity index (χ2n) is 13.3. The highest BCUT2D eigenvalue weighted by atomic mass is 15.0. The molecule has 266 valence electrons. The maximum atomic E-state index is 10.2. The van der Waals surface area contributed by atoms with Gasteiger partial charge in [0.2, 0.25) is 0 Å². The molecular formula is C54H35N3. The first-order chi connectivity index (χ1) is 37.5. The first-order valence-electron chi connectivity index (χ1n) is 28.8. The Morgan fingerprint density at radius 3 is 1.30 bits per heavy atom. The van der Waals surface area contributed by atoms with Gasteiger partial charge in [0.15, 0.2) is 0 Å². The van der Waals surface area contributed by atoms with E-state index >= 15 is 0 Å². The second-order valence-corrected chi connectivity index (χ2v) is 13.3. The summed E-state index contributed by atoms with van der Waals surface area (Å²) in [5.74, 6) is 0. The summed E-state index contributed by atoms with van der Waals surface area (Å²) in [7, 11) is 0. The highest BCUT2D eigenvalue weighted by Crippen LogP contribution is 2.39. The molecule has 0 radical (unpaired) electrons. The number of para-hydroxylation sites is 4. The molecule has 9 aromatic carbocycles. The predicted octanol–water partition coefficient (Wildman–Crippen LogP) is 14.3. The van der Waals surface area contributed by atoms with E-state index in [2.05, 4.69) is 0 Å². The number of hydrogen-bond donors (Lipinski definition) is 0. The van der Waals surface area contributed by atoms with Crippen LogP contribution in [0.25, 0.3) is 105 Å². The number of benzene rings is 9. The molecule has 12 aromatic rings. The van der Waals surface area contributed by atoms with Crippen LogP contribution in [0.3, 0.4) is 0 Å². The first kappa shape index (κ1) is 17.0. The molecule has 3 heteroatoms. The SMILES string of the molecule is [2H]c1c([2H])c([2H])c2c(c1[2H])c1c([2H])c([2H])c(-n3c4c([2H])c([2H])c([2H])c([2H])c4c4c([2H])c(-n5c6c([2H])c([2H])c([2H])c([2H])c6c6c([2H])c([2H])c([2H])c([2H])c65)c([2H])c([2H])c43)c([2H])c1n2-c1cccc(-c2ccc(-c3ccccc3)cc2)c1. The number of fused-ring (bicyclic) bond motifs is 9. The average Bonchev–Trinajstić information content (AvgIpc) is 3.24. The molecule has 0 fully saturated rings. The molecular weight excluding hydrogens is 691 g/mol. The van der Waals surface area contributed by atoms with Crippen LogP contribution in [0.4, 0.5) is 0 Å². The number of nitrogens with zero attached hydrogens (tertiary/aromatic N) is 3. The minimum Gasteiger partial charge on any atom is -0.309 e. The lowest BCUT2D eigenvalue weighted by Gasteiger charge is -2.13. The summed E-state index contributed by atoms with van der Waals surface area (Å²) in [6, 6.07) is 7.48. The van der Waals surface area contributed by atoms with Crippen molar-refractivity contribution in [3.63, 3.8) is 0 Å². The summed E-state index contributed by atoms with van der Waals surface area (Å²) in [6.45, 7) is 0. The zero-order chi connectivity index (χ0) is 56.6. The number of aromatic nitrogens is 3. The van der Waals surface area contributed by atoms with E-state index in [1.54, 1.807) is 18.2 Å². The fourth-order valence-corrected chi connectivity index (χ4v) is 7.67. The zero-order valence-electron chi connectivity index (χ0n) is 51.3. The number of rotatable bonds is 5. The van der Waals surface area contributed by atoms with Crippen molar-refractivity contribution in [3.05, 3.63) is 212 Å². The van der Waals surface area contributed by atoms with E-state index in [0.29, 0.717) is 5.56 Å². The Balaban J connectivity index is 1.24. The monoisotopic (exact) mass is 747 g/mol. The normalized spacial score (nSPS) is 17.3. The standard InChI is InChI=1S/C54H35N3/c1-2-13-36(14-3-1)37-25-27-38(28-26-37)39-15-12-16-40(33-39)57-51-23-10-6-19-45(51)47-31-29-42(35-54(47)57)56-52-24-11-7-20-46(52)48-34-41(30-32-53(48)56)55-49-21-8-4-17-43(49)44-18-5-9-22-50(44)55/h1-35H/i4D,5D,6D,7D,8D,9D,10D,11D,17D,18D,19D,20D,21D,22D,23D,24D,29D,30D,31D,32D,34D,35D. The molecule has 3 aromatic heterocycles. The van der Waals surface area contributed by atoms with E-state index in [9.17, 15) is 13.7 Å². The van der Waals surface area contributed by atoms with Crippen LogP contribution >= 0.6 is 0 Å². The van der Waals surface area contributed by atoms with E-state index in [4.69, 9.17) is 16.4 Å². The Bertz CT molecular complexity index is 4710. The van der Waals surface area contributed by atoms with E-state index in [1.165, 1.54) is 4.57 Å². The van der Waals surface area contributed by atoms with Crippen LogP contribution in [-0.2, 0) is 0 Å². The Kier molecular flexibility index (Phi) is 3.72. The van der Waals surface area contributed by atoms with Gasteiger partial charge in [-0.1, -0.05) is 145 Å². The van der Waals surface area contributed by atoms with E-state index in [0.717, 1.165) is 25.8 Å². The van der Waals surface area contributed by atoms with Crippen LogP contribution in [0.15, 0.2) is 212 Å². The summed E-state index contributed by atoms with van der Waals surface area (Å²) in [4.78, 5) is 0. The van der Waals surface area contributed by atoms with Gasteiger partial charge in [-0.05, 0) is 88.8 Å². The fourth-order valence-electron chi connectivity index (χ4n) is 7.67. The molecule has 0 N–H and O–H groups in total.